The standard InChI is InChI=1S/C23H22N4/c1-16(2)22-25-26-23(21-13-8-14-24-17(21)3)27(22)20-12-7-11-19(15-20)18-9-5-4-6-10-18/h4-16H,1-3H3. The van der Waals surface area contributed by atoms with Crippen molar-refractivity contribution < 1.29 is 0 Å². The van der Waals surface area contributed by atoms with Crippen molar-refractivity contribution in [3.63, 3.8) is 0 Å². The molecule has 0 fully saturated rings. The zero-order valence-corrected chi connectivity index (χ0v) is 15.8. The quantitative estimate of drug-likeness (QED) is 0.491. The molecule has 0 N–H and O–H groups in total. The van der Waals surface area contributed by atoms with Gasteiger partial charge in [-0.15, -0.1) is 10.2 Å². The fraction of sp³-hybridized carbons (Fsp3) is 0.174. The highest BCUT2D eigenvalue weighted by Gasteiger charge is 2.19. The number of nitrogens with zero attached hydrogens (tertiary/aromatic N) is 4. The molecule has 0 unspecified atom stereocenters. The molecule has 2 heterocycles. The second-order valence-electron chi connectivity index (χ2n) is 6.92. The Morgan fingerprint density at radius 2 is 1.59 bits per heavy atom. The van der Waals surface area contributed by atoms with Gasteiger partial charge in [-0.25, -0.2) is 0 Å². The van der Waals surface area contributed by atoms with Crippen LogP contribution in [0.5, 0.6) is 0 Å². The first-order chi connectivity index (χ1) is 13.1. The van der Waals surface area contributed by atoms with Gasteiger partial charge in [0.15, 0.2) is 5.82 Å². The molecule has 0 radical (unpaired) electrons. The number of aromatic nitrogens is 4. The lowest BCUT2D eigenvalue weighted by atomic mass is 10.0. The zero-order valence-electron chi connectivity index (χ0n) is 15.8. The van der Waals surface area contributed by atoms with Gasteiger partial charge >= 0.3 is 0 Å². The van der Waals surface area contributed by atoms with Crippen LogP contribution in [0.15, 0.2) is 72.9 Å². The smallest absolute Gasteiger partial charge is 0.170 e. The van der Waals surface area contributed by atoms with Crippen molar-refractivity contribution in [2.45, 2.75) is 26.7 Å². The van der Waals surface area contributed by atoms with Crippen LogP contribution in [0.2, 0.25) is 0 Å². The SMILES string of the molecule is Cc1ncccc1-c1nnc(C(C)C)n1-c1cccc(-c2ccccc2)c1. The van der Waals surface area contributed by atoms with Gasteiger partial charge in [0.1, 0.15) is 5.82 Å². The van der Waals surface area contributed by atoms with E-state index in [1.807, 2.05) is 25.1 Å². The molecule has 0 spiro atoms. The average Bonchev–Trinajstić information content (AvgIpc) is 3.14. The average molecular weight is 354 g/mol. The third-order valence-electron chi connectivity index (χ3n) is 4.66. The highest BCUT2D eigenvalue weighted by atomic mass is 15.3. The summed E-state index contributed by atoms with van der Waals surface area (Å²) in [5, 5.41) is 9.02. The Labute approximate surface area is 159 Å². The molecule has 4 aromatic rings. The van der Waals surface area contributed by atoms with E-state index in [1.54, 1.807) is 6.20 Å². The first-order valence-corrected chi connectivity index (χ1v) is 9.18. The second-order valence-corrected chi connectivity index (χ2v) is 6.92. The molecule has 0 saturated carbocycles. The Hall–Kier alpha value is -3.27. The number of benzene rings is 2. The van der Waals surface area contributed by atoms with Crippen LogP contribution in [0.4, 0.5) is 0 Å². The summed E-state index contributed by atoms with van der Waals surface area (Å²) in [4.78, 5) is 4.43. The van der Waals surface area contributed by atoms with Gasteiger partial charge in [-0.05, 0) is 42.3 Å². The van der Waals surface area contributed by atoms with Crippen LogP contribution in [0.1, 0.15) is 31.3 Å². The van der Waals surface area contributed by atoms with Gasteiger partial charge in [0.2, 0.25) is 0 Å². The van der Waals surface area contributed by atoms with E-state index in [0.29, 0.717) is 0 Å². The Morgan fingerprint density at radius 3 is 2.33 bits per heavy atom. The van der Waals surface area contributed by atoms with Crippen molar-refractivity contribution >= 4 is 0 Å². The summed E-state index contributed by atoms with van der Waals surface area (Å²) in [6.07, 6.45) is 1.80. The Bertz CT molecular complexity index is 1060. The van der Waals surface area contributed by atoms with Crippen molar-refractivity contribution in [2.75, 3.05) is 0 Å². The van der Waals surface area contributed by atoms with Gasteiger partial charge in [-0.2, -0.15) is 0 Å². The van der Waals surface area contributed by atoms with Crippen molar-refractivity contribution in [2.24, 2.45) is 0 Å². The van der Waals surface area contributed by atoms with E-state index in [4.69, 9.17) is 0 Å². The van der Waals surface area contributed by atoms with E-state index in [0.717, 1.165) is 28.6 Å². The first-order valence-electron chi connectivity index (χ1n) is 9.18. The predicted molar refractivity (Wildman–Crippen MR) is 109 cm³/mol. The van der Waals surface area contributed by atoms with Gasteiger partial charge in [-0.1, -0.05) is 56.3 Å². The zero-order chi connectivity index (χ0) is 18.8. The summed E-state index contributed by atoms with van der Waals surface area (Å²) in [5.74, 6) is 2.02. The Kier molecular flexibility index (Phi) is 4.55. The molecule has 2 aromatic heterocycles. The highest BCUT2D eigenvalue weighted by Crippen LogP contribution is 2.29. The normalized spacial score (nSPS) is 11.1. The molecule has 0 atom stereocenters. The summed E-state index contributed by atoms with van der Waals surface area (Å²) >= 11 is 0. The van der Waals surface area contributed by atoms with Crippen molar-refractivity contribution in [1.29, 1.82) is 0 Å². The summed E-state index contributed by atoms with van der Waals surface area (Å²) in [6, 6.07) is 22.9. The lowest BCUT2D eigenvalue weighted by Crippen LogP contribution is -2.05. The number of hydrogen-bond donors (Lipinski definition) is 0. The minimum Gasteiger partial charge on any atom is -0.279 e. The van der Waals surface area contributed by atoms with Gasteiger partial charge in [0, 0.05) is 29.1 Å². The molecule has 0 aliphatic carbocycles. The third kappa shape index (κ3) is 3.26. The monoisotopic (exact) mass is 354 g/mol. The molecule has 4 heteroatoms. The van der Waals surface area contributed by atoms with Crippen LogP contribution in [-0.4, -0.2) is 19.7 Å². The summed E-state index contributed by atoms with van der Waals surface area (Å²) in [5.41, 5.74) is 5.37. The molecule has 0 aliphatic heterocycles. The molecular formula is C23H22N4. The van der Waals surface area contributed by atoms with Gasteiger partial charge < -0.3 is 0 Å². The highest BCUT2D eigenvalue weighted by molar-refractivity contribution is 5.68. The summed E-state index contributed by atoms with van der Waals surface area (Å²) in [7, 11) is 0. The number of pyridine rings is 1. The maximum Gasteiger partial charge on any atom is 0.170 e. The van der Waals surface area contributed by atoms with Crippen LogP contribution < -0.4 is 0 Å². The van der Waals surface area contributed by atoms with E-state index >= 15 is 0 Å². The van der Waals surface area contributed by atoms with Gasteiger partial charge in [-0.3, -0.25) is 9.55 Å². The van der Waals surface area contributed by atoms with E-state index in [-0.39, 0.29) is 5.92 Å². The fourth-order valence-electron chi connectivity index (χ4n) is 3.27. The van der Waals surface area contributed by atoms with Crippen LogP contribution in [0, 0.1) is 6.92 Å². The summed E-state index contributed by atoms with van der Waals surface area (Å²) in [6.45, 7) is 6.28. The molecule has 0 saturated heterocycles. The van der Waals surface area contributed by atoms with Crippen molar-refractivity contribution in [3.8, 4) is 28.2 Å². The number of aryl methyl sites for hydroxylation is 1. The third-order valence-corrected chi connectivity index (χ3v) is 4.66. The molecule has 0 aliphatic rings. The van der Waals surface area contributed by atoms with Gasteiger partial charge in [0.25, 0.3) is 0 Å². The molecule has 4 rings (SSSR count). The van der Waals surface area contributed by atoms with Crippen molar-refractivity contribution in [1.82, 2.24) is 19.7 Å². The minimum atomic E-state index is 0.253. The van der Waals surface area contributed by atoms with E-state index in [2.05, 4.69) is 82.1 Å². The second kappa shape index (κ2) is 7.16. The van der Waals surface area contributed by atoms with Crippen molar-refractivity contribution in [3.05, 3.63) is 84.4 Å². The minimum absolute atomic E-state index is 0.253. The Balaban J connectivity index is 1.91. The first kappa shape index (κ1) is 17.2. The van der Waals surface area contributed by atoms with Crippen LogP contribution >= 0.6 is 0 Å². The maximum atomic E-state index is 4.52. The molecule has 134 valence electrons. The van der Waals surface area contributed by atoms with Crippen LogP contribution in [0.3, 0.4) is 0 Å². The largest absolute Gasteiger partial charge is 0.279 e. The van der Waals surface area contributed by atoms with E-state index < -0.39 is 0 Å². The van der Waals surface area contributed by atoms with E-state index in [9.17, 15) is 0 Å². The van der Waals surface area contributed by atoms with Gasteiger partial charge in [0.05, 0.1) is 0 Å². The van der Waals surface area contributed by atoms with Crippen LogP contribution in [-0.2, 0) is 0 Å². The molecule has 0 bridgehead atoms. The lowest BCUT2D eigenvalue weighted by molar-refractivity contribution is 0.746. The lowest BCUT2D eigenvalue weighted by Gasteiger charge is -2.14. The van der Waals surface area contributed by atoms with Crippen LogP contribution in [0.25, 0.3) is 28.2 Å². The predicted octanol–water partition coefficient (Wildman–Crippen LogP) is 5.43. The maximum absolute atomic E-state index is 4.52. The molecule has 27 heavy (non-hydrogen) atoms. The number of rotatable bonds is 4. The fourth-order valence-corrected chi connectivity index (χ4v) is 3.27. The molecular weight excluding hydrogens is 332 g/mol. The Morgan fingerprint density at radius 1 is 0.815 bits per heavy atom. The molecule has 0 amide bonds. The van der Waals surface area contributed by atoms with E-state index in [1.165, 1.54) is 11.1 Å². The molecule has 2 aromatic carbocycles. The molecule has 4 nitrogen and oxygen atoms in total. The number of hydrogen-bond acceptors (Lipinski definition) is 3. The summed E-state index contributed by atoms with van der Waals surface area (Å²) < 4.78 is 2.15. The topological polar surface area (TPSA) is 43.6 Å².